The summed E-state index contributed by atoms with van der Waals surface area (Å²) in [7, 11) is 0. The molecule has 31 heavy (non-hydrogen) atoms. The van der Waals surface area contributed by atoms with Gasteiger partial charge in [-0.2, -0.15) is 9.97 Å². The molecule has 0 unspecified atom stereocenters. The van der Waals surface area contributed by atoms with Crippen molar-refractivity contribution in [2.75, 3.05) is 30.7 Å². The van der Waals surface area contributed by atoms with E-state index in [1.54, 1.807) is 4.90 Å². The maximum Gasteiger partial charge on any atom is 0.322 e. The maximum atomic E-state index is 12.8. The van der Waals surface area contributed by atoms with E-state index in [0.29, 0.717) is 24.5 Å². The molecule has 4 rings (SSSR count). The Morgan fingerprint density at radius 2 is 1.94 bits per heavy atom. The van der Waals surface area contributed by atoms with Crippen LogP contribution in [0.4, 0.5) is 16.3 Å². The molecule has 0 saturated carbocycles. The van der Waals surface area contributed by atoms with Gasteiger partial charge in [-0.25, -0.2) is 4.79 Å². The number of carbonyl (C=O) groups is 1. The fraction of sp³-hybridized carbons (Fsp3) is 0.522. The van der Waals surface area contributed by atoms with E-state index < -0.39 is 0 Å². The number of aromatic nitrogens is 2. The minimum atomic E-state index is -0.246. The fourth-order valence-corrected chi connectivity index (χ4v) is 4.21. The minimum absolute atomic E-state index is 0.195. The average Bonchev–Trinajstić information content (AvgIpc) is 3.26. The Morgan fingerprint density at radius 1 is 1.19 bits per heavy atom. The van der Waals surface area contributed by atoms with Crippen LogP contribution in [-0.4, -0.2) is 45.5 Å². The summed E-state index contributed by atoms with van der Waals surface area (Å²) in [6.07, 6.45) is 4.50. The van der Waals surface area contributed by atoms with Crippen LogP contribution in [0.25, 0.3) is 0 Å². The molecule has 0 spiro atoms. The van der Waals surface area contributed by atoms with E-state index in [1.807, 2.05) is 6.92 Å². The third-order valence-corrected chi connectivity index (χ3v) is 5.98. The fourth-order valence-electron chi connectivity index (χ4n) is 4.21. The van der Waals surface area contributed by atoms with Gasteiger partial charge in [0.2, 0.25) is 0 Å². The molecule has 2 aromatic rings. The van der Waals surface area contributed by atoms with Crippen molar-refractivity contribution in [3.05, 3.63) is 41.1 Å². The second kappa shape index (κ2) is 9.51. The van der Waals surface area contributed by atoms with Crippen molar-refractivity contribution in [1.82, 2.24) is 19.8 Å². The Hall–Kier alpha value is -2.87. The number of likely N-dealkylation sites (tertiary alicyclic amines) is 1. The molecule has 3 N–H and O–H groups in total. The quantitative estimate of drug-likeness (QED) is 0.623. The summed E-state index contributed by atoms with van der Waals surface area (Å²) < 4.78 is 5.66. The Balaban J connectivity index is 1.51. The molecule has 2 amide bonds. The van der Waals surface area contributed by atoms with Crippen molar-refractivity contribution in [3.63, 3.8) is 0 Å². The number of fused-ring (bicyclic) bond motifs is 1. The summed E-state index contributed by atoms with van der Waals surface area (Å²) in [6.45, 7) is 8.39. The van der Waals surface area contributed by atoms with Gasteiger partial charge in [0, 0.05) is 13.1 Å². The summed E-state index contributed by atoms with van der Waals surface area (Å²) in [6, 6.07) is 8.31. The zero-order valence-corrected chi connectivity index (χ0v) is 18.4. The Morgan fingerprint density at radius 3 is 2.68 bits per heavy atom. The topological polar surface area (TPSA) is 96.6 Å². The normalized spacial score (nSPS) is 18.7. The van der Waals surface area contributed by atoms with Gasteiger partial charge < -0.3 is 20.7 Å². The Bertz CT molecular complexity index is 928. The Kier molecular flexibility index (Phi) is 6.56. The van der Waals surface area contributed by atoms with Gasteiger partial charge in [-0.05, 0) is 50.4 Å². The van der Waals surface area contributed by atoms with E-state index in [2.05, 4.69) is 51.4 Å². The molecule has 3 heterocycles. The molecule has 2 aliphatic heterocycles. The standard InChI is InChI=1S/C23H32N6O2/c1-3-4-12-31-22-25-19-16(2)29(23(30)26-20(19)21(24)27-22)15-18-9-7-8-17(13-18)14-28-10-5-6-11-28/h7-9,13,16H,3-6,10-12,14-15H2,1-2H3,(H,26,30)(H2,24,25,27)/t16-/m0/s1. The molecule has 0 radical (unpaired) electrons. The molecule has 1 aromatic carbocycles. The lowest BCUT2D eigenvalue weighted by atomic mass is 10.1. The van der Waals surface area contributed by atoms with Crippen molar-refractivity contribution in [2.24, 2.45) is 0 Å². The number of rotatable bonds is 8. The second-order valence-corrected chi connectivity index (χ2v) is 8.39. The molecule has 1 atom stereocenters. The van der Waals surface area contributed by atoms with Crippen molar-refractivity contribution in [2.45, 2.75) is 58.7 Å². The zero-order valence-electron chi connectivity index (χ0n) is 18.4. The van der Waals surface area contributed by atoms with Crippen molar-refractivity contribution in [3.8, 4) is 6.01 Å². The molecule has 8 heteroatoms. The van der Waals surface area contributed by atoms with Crippen LogP contribution < -0.4 is 15.8 Å². The number of unbranched alkanes of at least 4 members (excludes halogenated alkanes) is 1. The molecule has 2 aliphatic rings. The van der Waals surface area contributed by atoms with E-state index in [0.717, 1.165) is 38.0 Å². The summed E-state index contributed by atoms with van der Waals surface area (Å²) in [5, 5.41) is 2.87. The first-order chi connectivity index (χ1) is 15.0. The van der Waals surface area contributed by atoms with Crippen molar-refractivity contribution in [1.29, 1.82) is 0 Å². The van der Waals surface area contributed by atoms with Crippen LogP contribution in [0.3, 0.4) is 0 Å². The number of hydrogen-bond acceptors (Lipinski definition) is 6. The summed E-state index contributed by atoms with van der Waals surface area (Å²) >= 11 is 0. The molecular weight excluding hydrogens is 392 g/mol. The third-order valence-electron chi connectivity index (χ3n) is 5.98. The van der Waals surface area contributed by atoms with Crippen molar-refractivity contribution < 1.29 is 9.53 Å². The van der Waals surface area contributed by atoms with Crippen LogP contribution in [0.2, 0.25) is 0 Å². The van der Waals surface area contributed by atoms with Crippen LogP contribution in [0, 0.1) is 0 Å². The summed E-state index contributed by atoms with van der Waals surface area (Å²) in [5.74, 6) is 0.240. The number of nitrogens with zero attached hydrogens (tertiary/aromatic N) is 4. The number of amides is 2. The van der Waals surface area contributed by atoms with Crippen LogP contribution in [0.15, 0.2) is 24.3 Å². The van der Waals surface area contributed by atoms with E-state index in [1.165, 1.54) is 18.4 Å². The number of urea groups is 1. The molecule has 1 saturated heterocycles. The number of carbonyl (C=O) groups excluding carboxylic acids is 1. The maximum absolute atomic E-state index is 12.8. The highest BCUT2D eigenvalue weighted by molar-refractivity contribution is 5.95. The van der Waals surface area contributed by atoms with Crippen LogP contribution in [-0.2, 0) is 13.1 Å². The smallest absolute Gasteiger partial charge is 0.322 e. The molecule has 166 valence electrons. The minimum Gasteiger partial charge on any atom is -0.463 e. The molecule has 1 fully saturated rings. The average molecular weight is 425 g/mol. The lowest BCUT2D eigenvalue weighted by Crippen LogP contribution is -2.41. The number of hydrogen-bond donors (Lipinski definition) is 2. The second-order valence-electron chi connectivity index (χ2n) is 8.39. The van der Waals surface area contributed by atoms with Gasteiger partial charge >= 0.3 is 12.0 Å². The Labute approximate surface area is 183 Å². The van der Waals surface area contributed by atoms with Gasteiger partial charge in [-0.3, -0.25) is 4.90 Å². The summed E-state index contributed by atoms with van der Waals surface area (Å²) in [5.41, 5.74) is 9.65. The molecule has 8 nitrogen and oxygen atoms in total. The number of anilines is 2. The number of nitrogens with one attached hydrogen (secondary N) is 1. The number of benzene rings is 1. The van der Waals surface area contributed by atoms with Gasteiger partial charge in [-0.15, -0.1) is 0 Å². The monoisotopic (exact) mass is 424 g/mol. The molecule has 1 aromatic heterocycles. The zero-order chi connectivity index (χ0) is 21.8. The van der Waals surface area contributed by atoms with E-state index in [-0.39, 0.29) is 23.9 Å². The van der Waals surface area contributed by atoms with Crippen LogP contribution in [0.5, 0.6) is 6.01 Å². The largest absolute Gasteiger partial charge is 0.463 e. The molecule has 0 bridgehead atoms. The number of ether oxygens (including phenoxy) is 1. The highest BCUT2D eigenvalue weighted by atomic mass is 16.5. The van der Waals surface area contributed by atoms with Gasteiger partial charge in [-0.1, -0.05) is 37.6 Å². The van der Waals surface area contributed by atoms with Gasteiger partial charge in [0.15, 0.2) is 5.82 Å². The predicted octanol–water partition coefficient (Wildman–Crippen LogP) is 3.94. The summed E-state index contributed by atoms with van der Waals surface area (Å²) in [4.78, 5) is 25.9. The van der Waals surface area contributed by atoms with Crippen molar-refractivity contribution >= 4 is 17.5 Å². The first-order valence-electron chi connectivity index (χ1n) is 11.2. The first-order valence-corrected chi connectivity index (χ1v) is 11.2. The van der Waals surface area contributed by atoms with Gasteiger partial charge in [0.05, 0.1) is 18.3 Å². The molecular formula is C23H32N6O2. The van der Waals surface area contributed by atoms with Gasteiger partial charge in [0.1, 0.15) is 5.69 Å². The lowest BCUT2D eigenvalue weighted by Gasteiger charge is -2.35. The van der Waals surface area contributed by atoms with Crippen LogP contribution >= 0.6 is 0 Å². The molecule has 0 aliphatic carbocycles. The number of nitrogen functional groups attached to an aromatic ring is 1. The van der Waals surface area contributed by atoms with E-state index in [4.69, 9.17) is 10.5 Å². The third kappa shape index (κ3) is 4.90. The van der Waals surface area contributed by atoms with Gasteiger partial charge in [0.25, 0.3) is 0 Å². The van der Waals surface area contributed by atoms with E-state index in [9.17, 15) is 4.79 Å². The van der Waals surface area contributed by atoms with Crippen LogP contribution in [0.1, 0.15) is 62.4 Å². The number of nitrogens with two attached hydrogens (primary N) is 1. The SMILES string of the molecule is CCCCOc1nc(N)c2c(n1)[C@H](C)N(Cc1cccc(CN3CCCC3)c1)C(=O)N2. The lowest BCUT2D eigenvalue weighted by molar-refractivity contribution is 0.183. The first kappa shape index (κ1) is 21.4. The van der Waals surface area contributed by atoms with E-state index >= 15 is 0 Å². The predicted molar refractivity (Wildman–Crippen MR) is 121 cm³/mol. The highest BCUT2D eigenvalue weighted by Crippen LogP contribution is 2.36. The highest BCUT2D eigenvalue weighted by Gasteiger charge is 2.33.